The average molecular weight is 218 g/mol. The van der Waals surface area contributed by atoms with Crippen LogP contribution in [0.4, 0.5) is 0 Å². The Balaban J connectivity index is 2.16. The highest BCUT2D eigenvalue weighted by atomic mass is 16.4. The third-order valence-electron chi connectivity index (χ3n) is 2.38. The molecule has 0 saturated heterocycles. The zero-order chi connectivity index (χ0) is 11.6. The number of rotatable bonds is 6. The van der Waals surface area contributed by atoms with Gasteiger partial charge in [-0.1, -0.05) is 48.1 Å². The predicted octanol–water partition coefficient (Wildman–Crippen LogP) is 3.63. The molecule has 86 valence electrons. The van der Waals surface area contributed by atoms with E-state index in [1.807, 2.05) is 6.08 Å². The standard InChI is InChI=1S/C14H18O2/c15-14(16)12-8-4-3-7-11-13-9-5-1-2-6-10-13/h1-3,5-7,9H,4,8,10-12H2,(H,15,16). The van der Waals surface area contributed by atoms with Gasteiger partial charge in [0.05, 0.1) is 0 Å². The largest absolute Gasteiger partial charge is 0.481 e. The average Bonchev–Trinajstić information content (AvgIpc) is 2.51. The number of carbonyl (C=O) groups is 1. The van der Waals surface area contributed by atoms with Gasteiger partial charge in [-0.25, -0.2) is 0 Å². The lowest BCUT2D eigenvalue weighted by Gasteiger charge is -1.97. The van der Waals surface area contributed by atoms with E-state index in [-0.39, 0.29) is 6.42 Å². The highest BCUT2D eigenvalue weighted by molar-refractivity contribution is 5.66. The van der Waals surface area contributed by atoms with E-state index in [9.17, 15) is 4.79 Å². The lowest BCUT2D eigenvalue weighted by molar-refractivity contribution is -0.137. The Hall–Kier alpha value is -1.57. The first-order chi connectivity index (χ1) is 7.79. The first kappa shape index (κ1) is 12.5. The van der Waals surface area contributed by atoms with Gasteiger partial charge in [0, 0.05) is 6.42 Å². The van der Waals surface area contributed by atoms with Crippen molar-refractivity contribution >= 4 is 5.97 Å². The van der Waals surface area contributed by atoms with Crippen molar-refractivity contribution in [1.82, 2.24) is 0 Å². The van der Waals surface area contributed by atoms with E-state index in [2.05, 4.69) is 36.5 Å². The van der Waals surface area contributed by atoms with Crippen LogP contribution < -0.4 is 0 Å². The minimum absolute atomic E-state index is 0.262. The second-order valence-electron chi connectivity index (χ2n) is 3.80. The van der Waals surface area contributed by atoms with E-state index >= 15 is 0 Å². The molecule has 0 aromatic carbocycles. The Bertz CT molecular complexity index is 333. The van der Waals surface area contributed by atoms with Crippen LogP contribution in [0.15, 0.2) is 48.1 Å². The molecule has 1 aliphatic carbocycles. The van der Waals surface area contributed by atoms with Gasteiger partial charge in [-0.15, -0.1) is 0 Å². The maximum Gasteiger partial charge on any atom is 0.303 e. The molecule has 0 saturated carbocycles. The van der Waals surface area contributed by atoms with Crippen molar-refractivity contribution in [3.8, 4) is 0 Å². The fourth-order valence-corrected chi connectivity index (χ4v) is 1.50. The van der Waals surface area contributed by atoms with Crippen LogP contribution >= 0.6 is 0 Å². The van der Waals surface area contributed by atoms with Crippen LogP contribution in [0, 0.1) is 0 Å². The molecule has 2 heteroatoms. The summed E-state index contributed by atoms with van der Waals surface area (Å²) in [6, 6.07) is 0. The number of unbranched alkanes of at least 4 members (excludes halogenated alkanes) is 1. The summed E-state index contributed by atoms with van der Waals surface area (Å²) < 4.78 is 0. The number of aliphatic carboxylic acids is 1. The number of allylic oxidation sites excluding steroid dienone is 8. The summed E-state index contributed by atoms with van der Waals surface area (Å²) in [4.78, 5) is 10.3. The quantitative estimate of drug-likeness (QED) is 0.546. The van der Waals surface area contributed by atoms with E-state index in [0.29, 0.717) is 0 Å². The molecule has 1 N–H and O–H groups in total. The molecule has 2 nitrogen and oxygen atoms in total. The van der Waals surface area contributed by atoms with Gasteiger partial charge in [0.25, 0.3) is 0 Å². The Morgan fingerprint density at radius 3 is 3.00 bits per heavy atom. The summed E-state index contributed by atoms with van der Waals surface area (Å²) >= 11 is 0. The Kier molecular flexibility index (Phi) is 6.00. The van der Waals surface area contributed by atoms with Crippen molar-refractivity contribution in [2.75, 3.05) is 0 Å². The molecule has 0 unspecified atom stereocenters. The zero-order valence-electron chi connectivity index (χ0n) is 9.43. The van der Waals surface area contributed by atoms with Gasteiger partial charge >= 0.3 is 5.97 Å². The number of hydrogen-bond acceptors (Lipinski definition) is 1. The summed E-state index contributed by atoms with van der Waals surface area (Å²) in [6.07, 6.45) is 18.4. The lowest BCUT2D eigenvalue weighted by Crippen LogP contribution is -1.92. The number of carboxylic acids is 1. The third kappa shape index (κ3) is 6.02. The van der Waals surface area contributed by atoms with E-state index in [4.69, 9.17) is 5.11 Å². The van der Waals surface area contributed by atoms with Gasteiger partial charge in [0.2, 0.25) is 0 Å². The molecule has 0 radical (unpaired) electrons. The third-order valence-corrected chi connectivity index (χ3v) is 2.38. The van der Waals surface area contributed by atoms with Crippen molar-refractivity contribution in [2.45, 2.75) is 32.1 Å². The first-order valence-corrected chi connectivity index (χ1v) is 5.67. The SMILES string of the molecule is O=C(O)CCCC=CCC1=CC=CC=CC1. The zero-order valence-corrected chi connectivity index (χ0v) is 9.43. The van der Waals surface area contributed by atoms with Gasteiger partial charge in [0.15, 0.2) is 0 Å². The van der Waals surface area contributed by atoms with E-state index < -0.39 is 5.97 Å². The van der Waals surface area contributed by atoms with Gasteiger partial charge < -0.3 is 5.11 Å². The van der Waals surface area contributed by atoms with Crippen molar-refractivity contribution in [1.29, 1.82) is 0 Å². The highest BCUT2D eigenvalue weighted by Gasteiger charge is 1.94. The fourth-order valence-electron chi connectivity index (χ4n) is 1.50. The monoisotopic (exact) mass is 218 g/mol. The van der Waals surface area contributed by atoms with Gasteiger partial charge in [-0.3, -0.25) is 4.79 Å². The minimum atomic E-state index is -0.713. The molecular weight excluding hydrogens is 200 g/mol. The van der Waals surface area contributed by atoms with Crippen LogP contribution in [0.25, 0.3) is 0 Å². The molecule has 1 aliphatic rings. The normalized spacial score (nSPS) is 15.1. The van der Waals surface area contributed by atoms with E-state index in [1.165, 1.54) is 5.57 Å². The molecule has 0 heterocycles. The topological polar surface area (TPSA) is 37.3 Å². The van der Waals surface area contributed by atoms with Crippen molar-refractivity contribution < 1.29 is 9.90 Å². The minimum Gasteiger partial charge on any atom is -0.481 e. The predicted molar refractivity (Wildman–Crippen MR) is 66.2 cm³/mol. The molecule has 0 amide bonds. The summed E-state index contributed by atoms with van der Waals surface area (Å²) in [5.74, 6) is -0.713. The van der Waals surface area contributed by atoms with Crippen LogP contribution in [0.1, 0.15) is 32.1 Å². The Morgan fingerprint density at radius 1 is 1.31 bits per heavy atom. The molecule has 0 aromatic heterocycles. The van der Waals surface area contributed by atoms with E-state index in [0.717, 1.165) is 25.7 Å². The molecule has 0 bridgehead atoms. The van der Waals surface area contributed by atoms with Crippen LogP contribution in [-0.4, -0.2) is 11.1 Å². The number of carboxylic acid groups (broad SMARTS) is 1. The molecule has 16 heavy (non-hydrogen) atoms. The first-order valence-electron chi connectivity index (χ1n) is 5.67. The van der Waals surface area contributed by atoms with Crippen LogP contribution in [0.3, 0.4) is 0 Å². The molecule has 0 atom stereocenters. The summed E-state index contributed by atoms with van der Waals surface area (Å²) in [7, 11) is 0. The van der Waals surface area contributed by atoms with Crippen molar-refractivity contribution in [3.05, 3.63) is 48.1 Å². The molecule has 0 spiro atoms. The Morgan fingerprint density at radius 2 is 2.19 bits per heavy atom. The highest BCUT2D eigenvalue weighted by Crippen LogP contribution is 2.12. The van der Waals surface area contributed by atoms with Gasteiger partial charge in [0.1, 0.15) is 0 Å². The lowest BCUT2D eigenvalue weighted by atomic mass is 10.1. The van der Waals surface area contributed by atoms with Crippen LogP contribution in [0.2, 0.25) is 0 Å². The second kappa shape index (κ2) is 7.69. The van der Waals surface area contributed by atoms with Crippen LogP contribution in [-0.2, 0) is 4.79 Å². The van der Waals surface area contributed by atoms with Gasteiger partial charge in [-0.2, -0.15) is 0 Å². The summed E-state index contributed by atoms with van der Waals surface area (Å²) in [6.45, 7) is 0. The molecule has 1 rings (SSSR count). The van der Waals surface area contributed by atoms with E-state index in [1.54, 1.807) is 0 Å². The van der Waals surface area contributed by atoms with Crippen molar-refractivity contribution in [3.63, 3.8) is 0 Å². The van der Waals surface area contributed by atoms with Crippen molar-refractivity contribution in [2.24, 2.45) is 0 Å². The smallest absolute Gasteiger partial charge is 0.303 e. The van der Waals surface area contributed by atoms with Crippen LogP contribution in [0.5, 0.6) is 0 Å². The second-order valence-corrected chi connectivity index (χ2v) is 3.80. The van der Waals surface area contributed by atoms with Gasteiger partial charge in [-0.05, 0) is 25.7 Å². The maximum atomic E-state index is 10.3. The summed E-state index contributed by atoms with van der Waals surface area (Å²) in [5, 5.41) is 8.46. The maximum absolute atomic E-state index is 10.3. The Labute approximate surface area is 96.7 Å². The fraction of sp³-hybridized carbons (Fsp3) is 0.357. The molecule has 0 fully saturated rings. The number of hydrogen-bond donors (Lipinski definition) is 1. The molecule has 0 aromatic rings. The summed E-state index contributed by atoms with van der Waals surface area (Å²) in [5.41, 5.74) is 1.39. The molecule has 0 aliphatic heterocycles. The molecular formula is C14H18O2.